The van der Waals surface area contributed by atoms with E-state index in [9.17, 15) is 4.79 Å². The molecule has 0 aromatic heterocycles. The maximum absolute atomic E-state index is 11.0. The zero-order valence-electron chi connectivity index (χ0n) is 12.1. The molecule has 4 nitrogen and oxygen atoms in total. The highest BCUT2D eigenvalue weighted by Crippen LogP contribution is 2.24. The maximum Gasteiger partial charge on any atom is 0.306 e. The number of carboxylic acid groups (broad SMARTS) is 1. The zero-order chi connectivity index (χ0) is 13.7. The SMILES string of the molecule is CC1CCN(CCNC2CCCC(C(=O)O)C2)CC1. The molecule has 2 aliphatic rings. The van der Waals surface area contributed by atoms with Crippen molar-refractivity contribution in [3.05, 3.63) is 0 Å². The van der Waals surface area contributed by atoms with Crippen molar-refractivity contribution in [3.8, 4) is 0 Å². The highest BCUT2D eigenvalue weighted by atomic mass is 16.4. The number of hydrogen-bond acceptors (Lipinski definition) is 3. The first-order chi connectivity index (χ1) is 9.15. The lowest BCUT2D eigenvalue weighted by atomic mass is 9.86. The fraction of sp³-hybridized carbons (Fsp3) is 0.933. The molecular formula is C15H28N2O2. The van der Waals surface area contributed by atoms with Crippen molar-refractivity contribution in [2.75, 3.05) is 26.2 Å². The van der Waals surface area contributed by atoms with E-state index in [2.05, 4.69) is 17.1 Å². The molecule has 1 aliphatic heterocycles. The van der Waals surface area contributed by atoms with Crippen LogP contribution in [-0.2, 0) is 4.79 Å². The van der Waals surface area contributed by atoms with Gasteiger partial charge in [-0.2, -0.15) is 0 Å². The molecule has 2 N–H and O–H groups in total. The Balaban J connectivity index is 1.61. The van der Waals surface area contributed by atoms with Gasteiger partial charge >= 0.3 is 5.97 Å². The van der Waals surface area contributed by atoms with Gasteiger partial charge in [-0.25, -0.2) is 0 Å². The van der Waals surface area contributed by atoms with E-state index in [4.69, 9.17) is 5.11 Å². The summed E-state index contributed by atoms with van der Waals surface area (Å²) in [6.07, 6.45) is 6.51. The summed E-state index contributed by atoms with van der Waals surface area (Å²) in [7, 11) is 0. The predicted molar refractivity (Wildman–Crippen MR) is 76.2 cm³/mol. The van der Waals surface area contributed by atoms with Crippen molar-refractivity contribution in [1.82, 2.24) is 10.2 Å². The molecule has 4 heteroatoms. The molecule has 0 amide bonds. The Hall–Kier alpha value is -0.610. The van der Waals surface area contributed by atoms with Crippen molar-refractivity contribution >= 4 is 5.97 Å². The minimum atomic E-state index is -0.614. The molecule has 1 saturated heterocycles. The van der Waals surface area contributed by atoms with E-state index in [1.54, 1.807) is 0 Å². The first-order valence-corrected chi connectivity index (χ1v) is 7.83. The summed E-state index contributed by atoms with van der Waals surface area (Å²) in [6.45, 7) is 6.91. The van der Waals surface area contributed by atoms with E-state index in [1.165, 1.54) is 25.9 Å². The molecule has 1 aliphatic carbocycles. The molecule has 2 fully saturated rings. The van der Waals surface area contributed by atoms with Gasteiger partial charge in [0.05, 0.1) is 5.92 Å². The lowest BCUT2D eigenvalue weighted by Gasteiger charge is -2.32. The summed E-state index contributed by atoms with van der Waals surface area (Å²) in [6, 6.07) is 0.415. The number of likely N-dealkylation sites (tertiary alicyclic amines) is 1. The van der Waals surface area contributed by atoms with Gasteiger partial charge in [-0.1, -0.05) is 13.3 Å². The minimum absolute atomic E-state index is 0.123. The fourth-order valence-corrected chi connectivity index (χ4v) is 3.31. The number of piperidine rings is 1. The summed E-state index contributed by atoms with van der Waals surface area (Å²) in [4.78, 5) is 13.5. The fourth-order valence-electron chi connectivity index (χ4n) is 3.31. The standard InChI is InChI=1S/C15H28N2O2/c1-12-5-8-17(9-6-12)10-7-16-14-4-2-3-13(11-14)15(18)19/h12-14,16H,2-11H2,1H3,(H,18,19). The third kappa shape index (κ3) is 4.77. The van der Waals surface area contributed by atoms with E-state index in [0.717, 1.165) is 44.7 Å². The van der Waals surface area contributed by atoms with Crippen LogP contribution < -0.4 is 5.32 Å². The quantitative estimate of drug-likeness (QED) is 0.800. The van der Waals surface area contributed by atoms with Crippen LogP contribution in [0.5, 0.6) is 0 Å². The summed E-state index contributed by atoms with van der Waals surface area (Å²) < 4.78 is 0. The molecule has 2 atom stereocenters. The van der Waals surface area contributed by atoms with Crippen LogP contribution in [0, 0.1) is 11.8 Å². The second kappa shape index (κ2) is 7.25. The lowest BCUT2D eigenvalue weighted by Crippen LogP contribution is -2.42. The monoisotopic (exact) mass is 268 g/mol. The van der Waals surface area contributed by atoms with Crippen molar-refractivity contribution < 1.29 is 9.90 Å². The first-order valence-electron chi connectivity index (χ1n) is 7.83. The van der Waals surface area contributed by atoms with Gasteiger partial charge < -0.3 is 15.3 Å². The Morgan fingerprint density at radius 2 is 2.00 bits per heavy atom. The Kier molecular flexibility index (Phi) is 5.64. The molecule has 1 heterocycles. The highest BCUT2D eigenvalue weighted by molar-refractivity contribution is 5.70. The first kappa shape index (κ1) is 14.8. The summed E-state index contributed by atoms with van der Waals surface area (Å²) in [5, 5.41) is 12.6. The summed E-state index contributed by atoms with van der Waals surface area (Å²) in [5.41, 5.74) is 0. The average Bonchev–Trinajstić information content (AvgIpc) is 2.41. The second-order valence-corrected chi connectivity index (χ2v) is 6.38. The molecule has 0 bridgehead atoms. The highest BCUT2D eigenvalue weighted by Gasteiger charge is 2.26. The normalized spacial score (nSPS) is 30.4. The molecule has 0 radical (unpaired) electrons. The largest absolute Gasteiger partial charge is 0.481 e. The topological polar surface area (TPSA) is 52.6 Å². The van der Waals surface area contributed by atoms with Crippen LogP contribution in [0.25, 0.3) is 0 Å². The van der Waals surface area contributed by atoms with Crippen molar-refractivity contribution in [2.24, 2.45) is 11.8 Å². The van der Waals surface area contributed by atoms with Crippen LogP contribution in [0.2, 0.25) is 0 Å². The predicted octanol–water partition coefficient (Wildman–Crippen LogP) is 1.95. The van der Waals surface area contributed by atoms with Gasteiger partial charge in [0.2, 0.25) is 0 Å². The van der Waals surface area contributed by atoms with Gasteiger partial charge in [0.1, 0.15) is 0 Å². The smallest absolute Gasteiger partial charge is 0.306 e. The van der Waals surface area contributed by atoms with Crippen LogP contribution in [0.4, 0.5) is 0 Å². The van der Waals surface area contributed by atoms with Crippen LogP contribution >= 0.6 is 0 Å². The number of nitrogens with zero attached hydrogens (tertiary/aromatic N) is 1. The number of rotatable bonds is 5. The van der Waals surface area contributed by atoms with Gasteiger partial charge in [0.15, 0.2) is 0 Å². The number of hydrogen-bond donors (Lipinski definition) is 2. The van der Waals surface area contributed by atoms with E-state index < -0.39 is 5.97 Å². The third-order valence-electron chi connectivity index (χ3n) is 4.76. The molecule has 2 unspecified atom stereocenters. The number of aliphatic carboxylic acids is 1. The Morgan fingerprint density at radius 3 is 2.68 bits per heavy atom. The Labute approximate surface area is 116 Å². The molecular weight excluding hydrogens is 240 g/mol. The number of carbonyl (C=O) groups is 1. The molecule has 19 heavy (non-hydrogen) atoms. The Bertz CT molecular complexity index is 288. The van der Waals surface area contributed by atoms with Crippen molar-refractivity contribution in [3.63, 3.8) is 0 Å². The van der Waals surface area contributed by atoms with E-state index in [0.29, 0.717) is 6.04 Å². The third-order valence-corrected chi connectivity index (χ3v) is 4.76. The average molecular weight is 268 g/mol. The molecule has 0 spiro atoms. The van der Waals surface area contributed by atoms with E-state index in [-0.39, 0.29) is 5.92 Å². The molecule has 110 valence electrons. The van der Waals surface area contributed by atoms with Crippen molar-refractivity contribution in [1.29, 1.82) is 0 Å². The number of carboxylic acids is 1. The summed E-state index contributed by atoms with van der Waals surface area (Å²) in [5.74, 6) is 0.150. The minimum Gasteiger partial charge on any atom is -0.481 e. The molecule has 2 rings (SSSR count). The Morgan fingerprint density at radius 1 is 1.26 bits per heavy atom. The second-order valence-electron chi connectivity index (χ2n) is 6.38. The van der Waals surface area contributed by atoms with Gasteiger partial charge in [0, 0.05) is 19.1 Å². The summed E-state index contributed by atoms with van der Waals surface area (Å²) >= 11 is 0. The van der Waals surface area contributed by atoms with Gasteiger partial charge in [-0.15, -0.1) is 0 Å². The van der Waals surface area contributed by atoms with Gasteiger partial charge in [-0.05, 0) is 51.1 Å². The van der Waals surface area contributed by atoms with Crippen LogP contribution in [-0.4, -0.2) is 48.2 Å². The zero-order valence-corrected chi connectivity index (χ0v) is 12.1. The van der Waals surface area contributed by atoms with Crippen LogP contribution in [0.15, 0.2) is 0 Å². The maximum atomic E-state index is 11.0. The van der Waals surface area contributed by atoms with Crippen molar-refractivity contribution in [2.45, 2.75) is 51.5 Å². The van der Waals surface area contributed by atoms with E-state index >= 15 is 0 Å². The van der Waals surface area contributed by atoms with Gasteiger partial charge in [-0.3, -0.25) is 4.79 Å². The lowest BCUT2D eigenvalue weighted by molar-refractivity contribution is -0.143. The molecule has 1 saturated carbocycles. The van der Waals surface area contributed by atoms with Gasteiger partial charge in [0.25, 0.3) is 0 Å². The van der Waals surface area contributed by atoms with E-state index in [1.807, 2.05) is 0 Å². The number of nitrogens with one attached hydrogen (secondary N) is 1. The van der Waals surface area contributed by atoms with Crippen LogP contribution in [0.1, 0.15) is 45.4 Å². The molecule has 0 aromatic rings. The molecule has 0 aromatic carbocycles. The van der Waals surface area contributed by atoms with Crippen LogP contribution in [0.3, 0.4) is 0 Å².